The Bertz CT molecular complexity index is 132. The summed E-state index contributed by atoms with van der Waals surface area (Å²) in [7, 11) is 0. The molecule has 2 heteroatoms. The molecule has 72 valence electrons. The van der Waals surface area contributed by atoms with Crippen molar-refractivity contribution in [3.8, 4) is 0 Å². The minimum atomic E-state index is -0.162. The maximum atomic E-state index is 10.7. The molecule has 0 unspecified atom stereocenters. The summed E-state index contributed by atoms with van der Waals surface area (Å²) in [4.78, 5) is 10.7. The van der Waals surface area contributed by atoms with Gasteiger partial charge >= 0.3 is 5.97 Å². The SMILES string of the molecule is CC[C@H](C)C[C@H](CC)OC(C)=O. The highest BCUT2D eigenvalue weighted by Crippen LogP contribution is 2.14. The minimum Gasteiger partial charge on any atom is -0.463 e. The van der Waals surface area contributed by atoms with Crippen LogP contribution in [0.4, 0.5) is 0 Å². The molecule has 0 aromatic heterocycles. The average molecular weight is 172 g/mol. The Labute approximate surface area is 75.3 Å². The lowest BCUT2D eigenvalue weighted by atomic mass is 10.00. The third kappa shape index (κ3) is 5.16. The fourth-order valence-electron chi connectivity index (χ4n) is 1.15. The molecule has 0 aromatic carbocycles. The first-order chi connectivity index (χ1) is 5.60. The van der Waals surface area contributed by atoms with E-state index in [0.717, 1.165) is 19.3 Å². The monoisotopic (exact) mass is 172 g/mol. The molecule has 0 aliphatic rings. The second-order valence-corrected chi connectivity index (χ2v) is 3.39. The van der Waals surface area contributed by atoms with Crippen LogP contribution in [0.2, 0.25) is 0 Å². The Morgan fingerprint density at radius 1 is 1.33 bits per heavy atom. The van der Waals surface area contributed by atoms with Crippen molar-refractivity contribution in [1.29, 1.82) is 0 Å². The molecule has 0 fully saturated rings. The highest BCUT2D eigenvalue weighted by molar-refractivity contribution is 5.66. The zero-order valence-electron chi connectivity index (χ0n) is 8.59. The molecule has 0 heterocycles. The van der Waals surface area contributed by atoms with E-state index in [2.05, 4.69) is 20.8 Å². The van der Waals surface area contributed by atoms with Gasteiger partial charge in [0.2, 0.25) is 0 Å². The summed E-state index contributed by atoms with van der Waals surface area (Å²) < 4.78 is 5.13. The van der Waals surface area contributed by atoms with Gasteiger partial charge in [0.1, 0.15) is 6.10 Å². The van der Waals surface area contributed by atoms with E-state index in [1.807, 2.05) is 0 Å². The summed E-state index contributed by atoms with van der Waals surface area (Å²) in [6.07, 6.45) is 3.19. The van der Waals surface area contributed by atoms with E-state index in [9.17, 15) is 4.79 Å². The standard InChI is InChI=1S/C10H20O2/c1-5-8(3)7-10(6-2)12-9(4)11/h8,10H,5-7H2,1-4H3/t8-,10-/m0/s1. The van der Waals surface area contributed by atoms with Crippen molar-refractivity contribution in [3.63, 3.8) is 0 Å². The third-order valence-electron chi connectivity index (χ3n) is 2.15. The zero-order valence-corrected chi connectivity index (χ0v) is 8.59. The third-order valence-corrected chi connectivity index (χ3v) is 2.15. The molecular formula is C10H20O2. The van der Waals surface area contributed by atoms with Gasteiger partial charge in [0.15, 0.2) is 0 Å². The van der Waals surface area contributed by atoms with E-state index in [1.54, 1.807) is 0 Å². The number of hydrogen-bond donors (Lipinski definition) is 0. The summed E-state index contributed by atoms with van der Waals surface area (Å²) >= 11 is 0. The predicted octanol–water partition coefficient (Wildman–Crippen LogP) is 2.76. The van der Waals surface area contributed by atoms with E-state index >= 15 is 0 Å². The Hall–Kier alpha value is -0.530. The number of ether oxygens (including phenoxy) is 1. The van der Waals surface area contributed by atoms with E-state index in [4.69, 9.17) is 4.74 Å². The van der Waals surface area contributed by atoms with Gasteiger partial charge in [-0.2, -0.15) is 0 Å². The van der Waals surface area contributed by atoms with Crippen LogP contribution in [-0.4, -0.2) is 12.1 Å². The van der Waals surface area contributed by atoms with E-state index in [1.165, 1.54) is 6.92 Å². The summed E-state index contributed by atoms with van der Waals surface area (Å²) in [5, 5.41) is 0. The molecule has 0 bridgehead atoms. The van der Waals surface area contributed by atoms with Crippen LogP contribution in [0.1, 0.15) is 47.0 Å². The number of hydrogen-bond acceptors (Lipinski definition) is 2. The van der Waals surface area contributed by atoms with Crippen LogP contribution >= 0.6 is 0 Å². The van der Waals surface area contributed by atoms with Crippen LogP contribution in [0, 0.1) is 5.92 Å². The van der Waals surface area contributed by atoms with Crippen molar-refractivity contribution >= 4 is 5.97 Å². The first-order valence-electron chi connectivity index (χ1n) is 4.77. The van der Waals surface area contributed by atoms with Gasteiger partial charge in [-0.1, -0.05) is 27.2 Å². The molecule has 2 atom stereocenters. The van der Waals surface area contributed by atoms with Crippen LogP contribution in [0.15, 0.2) is 0 Å². The Morgan fingerprint density at radius 3 is 2.25 bits per heavy atom. The van der Waals surface area contributed by atoms with E-state index < -0.39 is 0 Å². The Kier molecular flexibility index (Phi) is 5.77. The number of carbonyl (C=O) groups is 1. The van der Waals surface area contributed by atoms with Gasteiger partial charge in [0, 0.05) is 6.92 Å². The van der Waals surface area contributed by atoms with Crippen molar-refractivity contribution < 1.29 is 9.53 Å². The van der Waals surface area contributed by atoms with Gasteiger partial charge in [0.25, 0.3) is 0 Å². The topological polar surface area (TPSA) is 26.3 Å². The summed E-state index contributed by atoms with van der Waals surface area (Å²) in [5.41, 5.74) is 0. The molecule has 0 rings (SSSR count). The second kappa shape index (κ2) is 6.04. The van der Waals surface area contributed by atoms with Crippen molar-refractivity contribution in [2.75, 3.05) is 0 Å². The molecule has 0 saturated carbocycles. The molecule has 12 heavy (non-hydrogen) atoms. The normalized spacial score (nSPS) is 15.3. The highest BCUT2D eigenvalue weighted by atomic mass is 16.5. The number of rotatable bonds is 5. The predicted molar refractivity (Wildman–Crippen MR) is 49.9 cm³/mol. The zero-order chi connectivity index (χ0) is 9.56. The molecule has 0 saturated heterocycles. The lowest BCUT2D eigenvalue weighted by Gasteiger charge is -2.18. The minimum absolute atomic E-state index is 0.123. The van der Waals surface area contributed by atoms with E-state index in [-0.39, 0.29) is 12.1 Å². The molecule has 0 aliphatic carbocycles. The highest BCUT2D eigenvalue weighted by Gasteiger charge is 2.12. The van der Waals surface area contributed by atoms with Crippen molar-refractivity contribution in [2.24, 2.45) is 5.92 Å². The number of esters is 1. The molecule has 0 aliphatic heterocycles. The molecule has 2 nitrogen and oxygen atoms in total. The van der Waals surface area contributed by atoms with Crippen LogP contribution < -0.4 is 0 Å². The molecule has 0 N–H and O–H groups in total. The first-order valence-corrected chi connectivity index (χ1v) is 4.77. The van der Waals surface area contributed by atoms with Gasteiger partial charge in [-0.05, 0) is 18.8 Å². The summed E-state index contributed by atoms with van der Waals surface area (Å²) in [5.74, 6) is 0.486. The van der Waals surface area contributed by atoms with Crippen LogP contribution in [-0.2, 0) is 9.53 Å². The van der Waals surface area contributed by atoms with Gasteiger partial charge in [-0.25, -0.2) is 0 Å². The Balaban J connectivity index is 3.74. The quantitative estimate of drug-likeness (QED) is 0.596. The molecule has 0 amide bonds. The maximum absolute atomic E-state index is 10.7. The number of carbonyl (C=O) groups excluding carboxylic acids is 1. The Morgan fingerprint density at radius 2 is 1.92 bits per heavy atom. The largest absolute Gasteiger partial charge is 0.463 e. The molecule has 0 spiro atoms. The van der Waals surface area contributed by atoms with Gasteiger partial charge in [0.05, 0.1) is 0 Å². The lowest BCUT2D eigenvalue weighted by Crippen LogP contribution is -2.18. The summed E-state index contributed by atoms with van der Waals surface area (Å²) in [6.45, 7) is 7.87. The fraction of sp³-hybridized carbons (Fsp3) is 0.900. The average Bonchev–Trinajstić information content (AvgIpc) is 2.02. The lowest BCUT2D eigenvalue weighted by molar-refractivity contribution is -0.147. The molecule has 0 radical (unpaired) electrons. The van der Waals surface area contributed by atoms with Gasteiger partial charge < -0.3 is 4.74 Å². The fourth-order valence-corrected chi connectivity index (χ4v) is 1.15. The van der Waals surface area contributed by atoms with Crippen LogP contribution in [0.25, 0.3) is 0 Å². The maximum Gasteiger partial charge on any atom is 0.302 e. The van der Waals surface area contributed by atoms with E-state index in [0.29, 0.717) is 5.92 Å². The summed E-state index contributed by atoms with van der Waals surface area (Å²) in [6, 6.07) is 0. The van der Waals surface area contributed by atoms with Gasteiger partial charge in [-0.3, -0.25) is 4.79 Å². The van der Waals surface area contributed by atoms with Crippen molar-refractivity contribution in [1.82, 2.24) is 0 Å². The molecule has 0 aromatic rings. The van der Waals surface area contributed by atoms with Gasteiger partial charge in [-0.15, -0.1) is 0 Å². The molecular weight excluding hydrogens is 152 g/mol. The van der Waals surface area contributed by atoms with Crippen LogP contribution in [0.3, 0.4) is 0 Å². The first kappa shape index (κ1) is 11.5. The van der Waals surface area contributed by atoms with Crippen LogP contribution in [0.5, 0.6) is 0 Å². The van der Waals surface area contributed by atoms with Crippen molar-refractivity contribution in [2.45, 2.75) is 53.1 Å². The smallest absolute Gasteiger partial charge is 0.302 e. The second-order valence-electron chi connectivity index (χ2n) is 3.39. The van der Waals surface area contributed by atoms with Crippen molar-refractivity contribution in [3.05, 3.63) is 0 Å².